The summed E-state index contributed by atoms with van der Waals surface area (Å²) in [6.45, 7) is 0. The van der Waals surface area contributed by atoms with Crippen molar-refractivity contribution in [2.45, 2.75) is 19.0 Å². The fourth-order valence-electron chi connectivity index (χ4n) is 2.45. The number of aryl methyl sites for hydroxylation is 2. The van der Waals surface area contributed by atoms with Crippen LogP contribution in [0.15, 0.2) is 55.1 Å². The lowest BCUT2D eigenvalue weighted by Crippen LogP contribution is -2.11. The second-order valence-electron chi connectivity index (χ2n) is 5.77. The summed E-state index contributed by atoms with van der Waals surface area (Å²) in [5.41, 5.74) is -0.732. The van der Waals surface area contributed by atoms with Gasteiger partial charge in [0.1, 0.15) is 11.6 Å². The Bertz CT molecular complexity index is 941. The molecule has 8 heteroatoms. The maximum absolute atomic E-state index is 13.3. The van der Waals surface area contributed by atoms with E-state index in [-0.39, 0.29) is 11.1 Å². The van der Waals surface area contributed by atoms with Crippen LogP contribution in [0.5, 0.6) is 0 Å². The highest BCUT2D eigenvalue weighted by Crippen LogP contribution is 2.32. The Labute approximate surface area is 151 Å². The summed E-state index contributed by atoms with van der Waals surface area (Å²) < 4.78 is 51.7. The summed E-state index contributed by atoms with van der Waals surface area (Å²) in [7, 11) is 0. The number of carbonyl (C=O) groups is 1. The number of ketones is 1. The molecule has 0 saturated carbocycles. The SMILES string of the molecule is O=C(c1cnc(CCc2cccnc2)nc1)c1ccc(F)c(C(F)(F)F)c1. The van der Waals surface area contributed by atoms with Gasteiger partial charge in [-0.25, -0.2) is 14.4 Å². The van der Waals surface area contributed by atoms with E-state index in [0.717, 1.165) is 11.6 Å². The van der Waals surface area contributed by atoms with Crippen molar-refractivity contribution < 1.29 is 22.4 Å². The lowest BCUT2D eigenvalue weighted by atomic mass is 10.0. The number of halogens is 4. The Morgan fingerprint density at radius 3 is 2.33 bits per heavy atom. The summed E-state index contributed by atoms with van der Waals surface area (Å²) >= 11 is 0. The van der Waals surface area contributed by atoms with Gasteiger partial charge in [-0.2, -0.15) is 13.2 Å². The van der Waals surface area contributed by atoms with Crippen LogP contribution in [0.1, 0.15) is 32.9 Å². The number of alkyl halides is 3. The monoisotopic (exact) mass is 375 g/mol. The number of carbonyl (C=O) groups excluding carboxylic acids is 1. The first-order chi connectivity index (χ1) is 12.8. The normalized spacial score (nSPS) is 11.4. The number of hydrogen-bond donors (Lipinski definition) is 0. The molecule has 0 aliphatic heterocycles. The Morgan fingerprint density at radius 2 is 1.70 bits per heavy atom. The fourth-order valence-corrected chi connectivity index (χ4v) is 2.45. The van der Waals surface area contributed by atoms with Crippen LogP contribution >= 0.6 is 0 Å². The minimum Gasteiger partial charge on any atom is -0.288 e. The van der Waals surface area contributed by atoms with Crippen molar-refractivity contribution in [3.8, 4) is 0 Å². The number of hydrogen-bond acceptors (Lipinski definition) is 4. The fraction of sp³-hybridized carbons (Fsp3) is 0.158. The standard InChI is InChI=1S/C19H13F4N3O/c20-16-5-4-13(8-15(16)19(21,22)23)18(27)14-10-25-17(26-11-14)6-3-12-2-1-7-24-9-12/h1-2,4-5,7-11H,3,6H2. The largest absolute Gasteiger partial charge is 0.419 e. The average Bonchev–Trinajstić information content (AvgIpc) is 2.66. The molecule has 0 fully saturated rings. The third kappa shape index (κ3) is 4.52. The quantitative estimate of drug-likeness (QED) is 0.499. The van der Waals surface area contributed by atoms with Crippen LogP contribution in [0.2, 0.25) is 0 Å². The molecule has 3 aromatic rings. The van der Waals surface area contributed by atoms with Gasteiger partial charge in [-0.1, -0.05) is 6.07 Å². The van der Waals surface area contributed by atoms with Crippen LogP contribution in [0.25, 0.3) is 0 Å². The molecule has 3 rings (SSSR count). The summed E-state index contributed by atoms with van der Waals surface area (Å²) in [5, 5.41) is 0. The van der Waals surface area contributed by atoms with Gasteiger partial charge in [0, 0.05) is 36.8 Å². The van der Waals surface area contributed by atoms with Crippen molar-refractivity contribution in [1.29, 1.82) is 0 Å². The van der Waals surface area contributed by atoms with Crippen molar-refractivity contribution in [2.24, 2.45) is 0 Å². The van der Waals surface area contributed by atoms with Crippen LogP contribution in [0.4, 0.5) is 17.6 Å². The third-order valence-electron chi connectivity index (χ3n) is 3.86. The first-order valence-electron chi connectivity index (χ1n) is 7.96. The predicted octanol–water partition coefficient (Wildman–Crippen LogP) is 4.05. The number of aromatic nitrogens is 3. The van der Waals surface area contributed by atoms with E-state index in [4.69, 9.17) is 0 Å². The molecule has 0 radical (unpaired) electrons. The highest BCUT2D eigenvalue weighted by Gasteiger charge is 2.34. The van der Waals surface area contributed by atoms with E-state index >= 15 is 0 Å². The van der Waals surface area contributed by atoms with E-state index in [1.165, 1.54) is 12.4 Å². The molecular weight excluding hydrogens is 362 g/mol. The van der Waals surface area contributed by atoms with Gasteiger partial charge in [0.15, 0.2) is 5.78 Å². The molecule has 0 atom stereocenters. The van der Waals surface area contributed by atoms with Gasteiger partial charge in [0.05, 0.1) is 11.1 Å². The molecule has 0 spiro atoms. The van der Waals surface area contributed by atoms with Crippen LogP contribution in [0, 0.1) is 5.82 Å². The number of pyridine rings is 1. The third-order valence-corrected chi connectivity index (χ3v) is 3.86. The topological polar surface area (TPSA) is 55.7 Å². The summed E-state index contributed by atoms with van der Waals surface area (Å²) in [6, 6.07) is 5.85. The van der Waals surface area contributed by atoms with Crippen molar-refractivity contribution in [2.75, 3.05) is 0 Å². The minimum atomic E-state index is -4.88. The van der Waals surface area contributed by atoms with Crippen molar-refractivity contribution >= 4 is 5.78 Å². The second kappa shape index (κ2) is 7.61. The molecule has 4 nitrogen and oxygen atoms in total. The van der Waals surface area contributed by atoms with Gasteiger partial charge in [-0.05, 0) is 36.2 Å². The highest BCUT2D eigenvalue weighted by molar-refractivity contribution is 6.08. The zero-order valence-electron chi connectivity index (χ0n) is 13.9. The Hall–Kier alpha value is -3.16. The smallest absolute Gasteiger partial charge is 0.288 e. The van der Waals surface area contributed by atoms with Crippen molar-refractivity contribution in [3.63, 3.8) is 0 Å². The first-order valence-corrected chi connectivity index (χ1v) is 7.96. The number of rotatable bonds is 5. The van der Waals surface area contributed by atoms with E-state index in [9.17, 15) is 22.4 Å². The minimum absolute atomic E-state index is 0.0276. The number of benzene rings is 1. The Morgan fingerprint density at radius 1 is 0.963 bits per heavy atom. The van der Waals surface area contributed by atoms with Gasteiger partial charge in [0.25, 0.3) is 0 Å². The van der Waals surface area contributed by atoms with Crippen LogP contribution in [0.3, 0.4) is 0 Å². The van der Waals surface area contributed by atoms with Gasteiger partial charge >= 0.3 is 6.18 Å². The molecular formula is C19H13F4N3O. The van der Waals surface area contributed by atoms with Crippen LogP contribution in [-0.2, 0) is 19.0 Å². The lowest BCUT2D eigenvalue weighted by molar-refractivity contribution is -0.140. The maximum Gasteiger partial charge on any atom is 0.419 e. The molecule has 0 bridgehead atoms. The molecule has 0 amide bonds. The van der Waals surface area contributed by atoms with Crippen molar-refractivity contribution in [3.05, 3.63) is 89.0 Å². The zero-order chi connectivity index (χ0) is 19.4. The highest BCUT2D eigenvalue weighted by atomic mass is 19.4. The Kier molecular flexibility index (Phi) is 5.25. The van der Waals surface area contributed by atoms with E-state index in [1.807, 2.05) is 12.1 Å². The predicted molar refractivity (Wildman–Crippen MR) is 88.5 cm³/mol. The van der Waals surface area contributed by atoms with Crippen LogP contribution < -0.4 is 0 Å². The summed E-state index contributed by atoms with van der Waals surface area (Å²) in [4.78, 5) is 24.5. The van der Waals surface area contributed by atoms with Crippen LogP contribution in [-0.4, -0.2) is 20.7 Å². The van der Waals surface area contributed by atoms with Gasteiger partial charge in [-0.3, -0.25) is 9.78 Å². The molecule has 2 heterocycles. The van der Waals surface area contributed by atoms with Crippen molar-refractivity contribution in [1.82, 2.24) is 15.0 Å². The molecule has 0 N–H and O–H groups in total. The van der Waals surface area contributed by atoms with Gasteiger partial charge < -0.3 is 0 Å². The molecule has 1 aromatic carbocycles. The Balaban J connectivity index is 1.74. The van der Waals surface area contributed by atoms with E-state index in [2.05, 4.69) is 15.0 Å². The lowest BCUT2D eigenvalue weighted by Gasteiger charge is -2.09. The maximum atomic E-state index is 13.3. The molecule has 2 aromatic heterocycles. The molecule has 27 heavy (non-hydrogen) atoms. The first kappa shape index (κ1) is 18.6. The molecule has 0 aliphatic carbocycles. The average molecular weight is 375 g/mol. The van der Waals surface area contributed by atoms with E-state index < -0.39 is 23.3 Å². The van der Waals surface area contributed by atoms with E-state index in [0.29, 0.717) is 30.8 Å². The molecule has 0 saturated heterocycles. The zero-order valence-corrected chi connectivity index (χ0v) is 13.9. The summed E-state index contributed by atoms with van der Waals surface area (Å²) in [6.07, 6.45) is 2.20. The molecule has 0 unspecified atom stereocenters. The summed E-state index contributed by atoms with van der Waals surface area (Å²) in [5.74, 6) is -1.65. The van der Waals surface area contributed by atoms with Gasteiger partial charge in [0.2, 0.25) is 0 Å². The van der Waals surface area contributed by atoms with Gasteiger partial charge in [-0.15, -0.1) is 0 Å². The van der Waals surface area contributed by atoms with E-state index in [1.54, 1.807) is 12.4 Å². The number of nitrogens with zero attached hydrogens (tertiary/aromatic N) is 3. The molecule has 0 aliphatic rings. The second-order valence-corrected chi connectivity index (χ2v) is 5.77. The molecule has 138 valence electrons.